The highest BCUT2D eigenvalue weighted by atomic mass is 35.5. The Kier molecular flexibility index (Phi) is 6.89. The lowest BCUT2D eigenvalue weighted by molar-refractivity contribution is -0.134. The Hall–Kier alpha value is -1.54. The van der Waals surface area contributed by atoms with E-state index in [1.165, 1.54) is 12.1 Å². The van der Waals surface area contributed by atoms with E-state index in [2.05, 4.69) is 9.88 Å². The molecule has 8 heteroatoms. The average molecular weight is 385 g/mol. The van der Waals surface area contributed by atoms with Gasteiger partial charge in [0.15, 0.2) is 0 Å². The maximum atomic E-state index is 13.0. The third kappa shape index (κ3) is 4.98. The molecule has 0 radical (unpaired) electrons. The zero-order valence-corrected chi connectivity index (χ0v) is 15.7. The van der Waals surface area contributed by atoms with Crippen LogP contribution in [0.4, 0.5) is 4.39 Å². The van der Waals surface area contributed by atoms with Gasteiger partial charge in [0.25, 0.3) is 0 Å². The zero-order valence-electron chi connectivity index (χ0n) is 14.0. The van der Waals surface area contributed by atoms with E-state index in [0.29, 0.717) is 13.1 Å². The van der Waals surface area contributed by atoms with Gasteiger partial charge < -0.3 is 10.6 Å². The second-order valence-electron chi connectivity index (χ2n) is 6.04. The van der Waals surface area contributed by atoms with Gasteiger partial charge in [0, 0.05) is 43.7 Å². The molecule has 0 spiro atoms. The number of rotatable bonds is 4. The van der Waals surface area contributed by atoms with Gasteiger partial charge in [-0.15, -0.1) is 23.7 Å². The third-order valence-electron chi connectivity index (χ3n) is 4.10. The largest absolute Gasteiger partial charge is 0.339 e. The minimum Gasteiger partial charge on any atom is -0.339 e. The van der Waals surface area contributed by atoms with Crippen LogP contribution < -0.4 is 5.73 Å². The van der Waals surface area contributed by atoms with Crippen molar-refractivity contribution >= 4 is 29.7 Å². The molecule has 1 saturated heterocycles. The molecule has 2 N–H and O–H groups in total. The fourth-order valence-corrected chi connectivity index (χ4v) is 3.57. The van der Waals surface area contributed by atoms with Crippen molar-refractivity contribution in [2.75, 3.05) is 26.2 Å². The molecule has 1 unspecified atom stereocenters. The molecule has 5 nitrogen and oxygen atoms in total. The van der Waals surface area contributed by atoms with Crippen molar-refractivity contribution < 1.29 is 9.18 Å². The number of nitrogens with two attached hydrogens (primary N) is 1. The molecule has 1 amide bonds. The summed E-state index contributed by atoms with van der Waals surface area (Å²) in [6.45, 7) is 5.53. The summed E-state index contributed by atoms with van der Waals surface area (Å²) in [7, 11) is 0. The second-order valence-corrected chi connectivity index (χ2v) is 6.90. The van der Waals surface area contributed by atoms with Gasteiger partial charge in [0.1, 0.15) is 10.8 Å². The molecule has 2 aromatic rings. The number of thiazole rings is 1. The number of carbonyl (C=O) groups is 1. The number of aromatic nitrogens is 1. The first-order valence-electron chi connectivity index (χ1n) is 8.00. The van der Waals surface area contributed by atoms with Gasteiger partial charge in [-0.3, -0.25) is 9.69 Å². The lowest BCUT2D eigenvalue weighted by atomic mass is 10.2. The topological polar surface area (TPSA) is 62.5 Å². The Labute approximate surface area is 157 Å². The molecule has 1 fully saturated rings. The van der Waals surface area contributed by atoms with Gasteiger partial charge in [0.2, 0.25) is 5.91 Å². The van der Waals surface area contributed by atoms with Crippen molar-refractivity contribution in [3.05, 3.63) is 41.2 Å². The van der Waals surface area contributed by atoms with Gasteiger partial charge in [-0.25, -0.2) is 9.37 Å². The quantitative estimate of drug-likeness (QED) is 0.879. The molecule has 1 atom stereocenters. The number of piperazine rings is 1. The summed E-state index contributed by atoms with van der Waals surface area (Å²) in [5.41, 5.74) is 7.59. The first-order valence-corrected chi connectivity index (χ1v) is 8.88. The van der Waals surface area contributed by atoms with Crippen LogP contribution in [0.5, 0.6) is 0 Å². The maximum absolute atomic E-state index is 13.0. The van der Waals surface area contributed by atoms with E-state index in [0.717, 1.165) is 35.9 Å². The van der Waals surface area contributed by atoms with Crippen LogP contribution in [0.2, 0.25) is 0 Å². The maximum Gasteiger partial charge on any atom is 0.239 e. The molecule has 25 heavy (non-hydrogen) atoms. The SMILES string of the molecule is CC(N)C(=O)N1CCN(Cc2csc(-c3ccc(F)cc3)n2)CC1.Cl. The van der Waals surface area contributed by atoms with Crippen LogP contribution in [0.1, 0.15) is 12.6 Å². The number of amides is 1. The van der Waals surface area contributed by atoms with Crippen molar-refractivity contribution in [1.82, 2.24) is 14.8 Å². The molecular weight excluding hydrogens is 363 g/mol. The molecular formula is C17H22ClFN4OS. The minimum absolute atomic E-state index is 0. The Morgan fingerprint density at radius 3 is 2.52 bits per heavy atom. The Bertz CT molecular complexity index is 699. The monoisotopic (exact) mass is 384 g/mol. The summed E-state index contributed by atoms with van der Waals surface area (Å²) in [5.74, 6) is -0.225. The smallest absolute Gasteiger partial charge is 0.239 e. The van der Waals surface area contributed by atoms with Crippen LogP contribution in [0, 0.1) is 5.82 Å². The van der Waals surface area contributed by atoms with E-state index in [1.54, 1.807) is 30.4 Å². The van der Waals surface area contributed by atoms with Crippen LogP contribution in [-0.2, 0) is 11.3 Å². The zero-order chi connectivity index (χ0) is 17.1. The van der Waals surface area contributed by atoms with Crippen molar-refractivity contribution in [2.45, 2.75) is 19.5 Å². The number of hydrogen-bond donors (Lipinski definition) is 1. The first-order chi connectivity index (χ1) is 11.5. The van der Waals surface area contributed by atoms with Crippen LogP contribution in [0.3, 0.4) is 0 Å². The lowest BCUT2D eigenvalue weighted by Gasteiger charge is -2.35. The van der Waals surface area contributed by atoms with Crippen molar-refractivity contribution in [1.29, 1.82) is 0 Å². The second kappa shape index (κ2) is 8.71. The van der Waals surface area contributed by atoms with Crippen LogP contribution >= 0.6 is 23.7 Å². The lowest BCUT2D eigenvalue weighted by Crippen LogP contribution is -2.52. The van der Waals surface area contributed by atoms with Crippen molar-refractivity contribution in [3.63, 3.8) is 0 Å². The number of hydrogen-bond acceptors (Lipinski definition) is 5. The number of nitrogens with zero attached hydrogens (tertiary/aromatic N) is 3. The van der Waals surface area contributed by atoms with Crippen LogP contribution in [0.25, 0.3) is 10.6 Å². The molecule has 2 heterocycles. The summed E-state index contributed by atoms with van der Waals surface area (Å²) in [6, 6.07) is 5.95. The van der Waals surface area contributed by atoms with Crippen LogP contribution in [0.15, 0.2) is 29.6 Å². The third-order valence-corrected chi connectivity index (χ3v) is 5.04. The van der Waals surface area contributed by atoms with Crippen molar-refractivity contribution in [3.8, 4) is 10.6 Å². The standard InChI is InChI=1S/C17H21FN4OS.ClH/c1-12(19)17(23)22-8-6-21(7-9-22)10-15-11-24-16(20-15)13-2-4-14(18)5-3-13;/h2-5,11-12H,6-10,19H2,1H3;1H. The summed E-state index contributed by atoms with van der Waals surface area (Å²) >= 11 is 1.57. The molecule has 0 aliphatic carbocycles. The summed E-state index contributed by atoms with van der Waals surface area (Å²) in [6.07, 6.45) is 0. The van der Waals surface area contributed by atoms with E-state index in [-0.39, 0.29) is 24.1 Å². The van der Waals surface area contributed by atoms with E-state index in [1.807, 2.05) is 10.3 Å². The molecule has 3 rings (SSSR count). The van der Waals surface area contributed by atoms with E-state index in [4.69, 9.17) is 5.73 Å². The van der Waals surface area contributed by atoms with Crippen molar-refractivity contribution in [2.24, 2.45) is 5.73 Å². The molecule has 1 aromatic heterocycles. The normalized spacial score (nSPS) is 16.4. The average Bonchev–Trinajstić information content (AvgIpc) is 3.04. The molecule has 1 aliphatic heterocycles. The fourth-order valence-electron chi connectivity index (χ4n) is 2.75. The predicted octanol–water partition coefficient (Wildman–Crippen LogP) is 2.36. The molecule has 1 aromatic carbocycles. The van der Waals surface area contributed by atoms with Crippen LogP contribution in [-0.4, -0.2) is 52.9 Å². The Balaban J connectivity index is 0.00000225. The summed E-state index contributed by atoms with van der Waals surface area (Å²) in [5, 5.41) is 2.94. The highest BCUT2D eigenvalue weighted by Crippen LogP contribution is 2.24. The van der Waals surface area contributed by atoms with Gasteiger partial charge >= 0.3 is 0 Å². The van der Waals surface area contributed by atoms with E-state index >= 15 is 0 Å². The molecule has 0 bridgehead atoms. The summed E-state index contributed by atoms with van der Waals surface area (Å²) < 4.78 is 13.0. The number of carbonyl (C=O) groups excluding carboxylic acids is 1. The predicted molar refractivity (Wildman–Crippen MR) is 100 cm³/mol. The highest BCUT2D eigenvalue weighted by molar-refractivity contribution is 7.13. The molecule has 136 valence electrons. The molecule has 1 aliphatic rings. The summed E-state index contributed by atoms with van der Waals surface area (Å²) in [4.78, 5) is 20.6. The van der Waals surface area contributed by atoms with Gasteiger partial charge in [-0.2, -0.15) is 0 Å². The van der Waals surface area contributed by atoms with E-state index in [9.17, 15) is 9.18 Å². The van der Waals surface area contributed by atoms with E-state index < -0.39 is 6.04 Å². The Morgan fingerprint density at radius 2 is 1.92 bits per heavy atom. The fraction of sp³-hybridized carbons (Fsp3) is 0.412. The minimum atomic E-state index is -0.437. The molecule has 0 saturated carbocycles. The Morgan fingerprint density at radius 1 is 1.28 bits per heavy atom. The first kappa shape index (κ1) is 19.8. The highest BCUT2D eigenvalue weighted by Gasteiger charge is 2.23. The van der Waals surface area contributed by atoms with Gasteiger partial charge in [-0.1, -0.05) is 0 Å². The number of halogens is 2. The number of benzene rings is 1. The van der Waals surface area contributed by atoms with Gasteiger partial charge in [-0.05, 0) is 31.2 Å². The van der Waals surface area contributed by atoms with Gasteiger partial charge in [0.05, 0.1) is 11.7 Å².